The quantitative estimate of drug-likeness (QED) is 0.226. The first kappa shape index (κ1) is 25.7. The van der Waals surface area contributed by atoms with Crippen LogP contribution in [0.1, 0.15) is 30.8 Å². The molecule has 188 valence electrons. The molecule has 0 atom stereocenters. The van der Waals surface area contributed by atoms with Crippen LogP contribution in [0.15, 0.2) is 72.1 Å². The molecule has 0 saturated heterocycles. The van der Waals surface area contributed by atoms with Crippen molar-refractivity contribution in [1.82, 2.24) is 25.1 Å². The molecule has 0 bridgehead atoms. The van der Waals surface area contributed by atoms with Gasteiger partial charge in [0.05, 0.1) is 19.6 Å². The second kappa shape index (κ2) is 11.5. The van der Waals surface area contributed by atoms with Gasteiger partial charge in [0.2, 0.25) is 0 Å². The number of benzene rings is 2. The highest BCUT2D eigenvalue weighted by molar-refractivity contribution is 7.99. The summed E-state index contributed by atoms with van der Waals surface area (Å²) in [4.78, 5) is 4.15. The molecule has 2 heterocycles. The molecule has 0 aliphatic heterocycles. The van der Waals surface area contributed by atoms with Crippen LogP contribution in [0.25, 0.3) is 5.69 Å². The van der Waals surface area contributed by atoms with E-state index in [4.69, 9.17) is 9.47 Å². The Morgan fingerprint density at radius 3 is 2.47 bits per heavy atom. The molecule has 0 spiro atoms. The lowest BCUT2D eigenvalue weighted by Crippen LogP contribution is -2.24. The van der Waals surface area contributed by atoms with Crippen molar-refractivity contribution >= 4 is 11.8 Å². The van der Waals surface area contributed by atoms with Gasteiger partial charge in [0.15, 0.2) is 16.7 Å². The number of thioether (sulfide) groups is 1. The number of methoxy groups -OCH3 is 2. The minimum atomic E-state index is -0.529. The van der Waals surface area contributed by atoms with Crippen LogP contribution in [0, 0.1) is 5.82 Å². The summed E-state index contributed by atoms with van der Waals surface area (Å²) >= 11 is 1.60. The van der Waals surface area contributed by atoms with Gasteiger partial charge in [-0.3, -0.25) is 9.55 Å². The number of pyridine rings is 1. The molecule has 0 amide bonds. The van der Waals surface area contributed by atoms with Crippen LogP contribution in [0.3, 0.4) is 0 Å². The molecule has 0 fully saturated rings. The largest absolute Gasteiger partial charge is 0.493 e. The van der Waals surface area contributed by atoms with Crippen molar-refractivity contribution in [3.05, 3.63) is 89.8 Å². The van der Waals surface area contributed by atoms with Gasteiger partial charge in [0.1, 0.15) is 11.6 Å². The third-order valence-electron chi connectivity index (χ3n) is 5.94. The molecule has 7 nitrogen and oxygen atoms in total. The summed E-state index contributed by atoms with van der Waals surface area (Å²) in [7, 11) is 3.23. The smallest absolute Gasteiger partial charge is 0.195 e. The van der Waals surface area contributed by atoms with E-state index < -0.39 is 5.41 Å². The SMILES string of the molecule is COc1ccc(C(C)(C)c2nnc(SCCNCc3cccnc3)n2-c2ccc(F)cc2)cc1OC. The molecule has 36 heavy (non-hydrogen) atoms. The molecule has 2 aromatic heterocycles. The van der Waals surface area contributed by atoms with Crippen molar-refractivity contribution in [2.24, 2.45) is 0 Å². The van der Waals surface area contributed by atoms with Crippen molar-refractivity contribution in [3.8, 4) is 17.2 Å². The maximum atomic E-state index is 13.7. The molecule has 4 aromatic rings. The van der Waals surface area contributed by atoms with E-state index in [0.717, 1.165) is 46.6 Å². The zero-order valence-electron chi connectivity index (χ0n) is 20.9. The van der Waals surface area contributed by atoms with E-state index in [0.29, 0.717) is 11.5 Å². The van der Waals surface area contributed by atoms with Gasteiger partial charge in [-0.05, 0) is 67.4 Å². The average Bonchev–Trinajstić information content (AvgIpc) is 3.34. The van der Waals surface area contributed by atoms with Crippen molar-refractivity contribution in [3.63, 3.8) is 0 Å². The normalized spacial score (nSPS) is 11.5. The number of aromatic nitrogens is 4. The fourth-order valence-corrected chi connectivity index (χ4v) is 4.74. The van der Waals surface area contributed by atoms with E-state index >= 15 is 0 Å². The first-order valence-electron chi connectivity index (χ1n) is 11.6. The lowest BCUT2D eigenvalue weighted by atomic mass is 9.83. The number of hydrogen-bond donors (Lipinski definition) is 1. The van der Waals surface area contributed by atoms with Crippen molar-refractivity contribution in [1.29, 1.82) is 0 Å². The number of hydrogen-bond acceptors (Lipinski definition) is 7. The van der Waals surface area contributed by atoms with Crippen LogP contribution in [-0.2, 0) is 12.0 Å². The molecular formula is C27H30FN5O2S. The number of nitrogens with one attached hydrogen (secondary N) is 1. The van der Waals surface area contributed by atoms with E-state index in [9.17, 15) is 4.39 Å². The minimum absolute atomic E-state index is 0.290. The van der Waals surface area contributed by atoms with Gasteiger partial charge in [-0.15, -0.1) is 10.2 Å². The second-order valence-corrected chi connectivity index (χ2v) is 9.76. The van der Waals surface area contributed by atoms with Crippen molar-refractivity contribution in [2.45, 2.75) is 31.0 Å². The Balaban J connectivity index is 1.60. The lowest BCUT2D eigenvalue weighted by molar-refractivity contribution is 0.353. The molecule has 0 saturated carbocycles. The number of ether oxygens (including phenoxy) is 2. The first-order chi connectivity index (χ1) is 17.4. The standard InChI is InChI=1S/C27H30FN5O2S/c1-27(2,20-7-12-23(34-3)24(16-20)35-4)25-31-32-26(33(25)22-10-8-21(28)9-11-22)36-15-14-30-18-19-6-5-13-29-17-19/h5-13,16-17,30H,14-15,18H2,1-4H3. The minimum Gasteiger partial charge on any atom is -0.493 e. The van der Waals surface area contributed by atoms with Crippen LogP contribution >= 0.6 is 11.8 Å². The molecule has 9 heteroatoms. The second-order valence-electron chi connectivity index (χ2n) is 8.70. The molecule has 0 aliphatic rings. The number of nitrogens with zero attached hydrogens (tertiary/aromatic N) is 4. The summed E-state index contributed by atoms with van der Waals surface area (Å²) in [6, 6.07) is 16.2. The van der Waals surface area contributed by atoms with Crippen LogP contribution < -0.4 is 14.8 Å². The Hall–Kier alpha value is -3.43. The predicted molar refractivity (Wildman–Crippen MR) is 140 cm³/mol. The molecule has 0 unspecified atom stereocenters. The van der Waals surface area contributed by atoms with Gasteiger partial charge < -0.3 is 14.8 Å². The monoisotopic (exact) mass is 507 g/mol. The van der Waals surface area contributed by atoms with E-state index in [1.165, 1.54) is 12.1 Å². The summed E-state index contributed by atoms with van der Waals surface area (Å²) in [6.45, 7) is 5.70. The highest BCUT2D eigenvalue weighted by atomic mass is 32.2. The molecule has 1 N–H and O–H groups in total. The number of halogens is 1. The van der Waals surface area contributed by atoms with Crippen LogP contribution in [-0.4, -0.2) is 46.3 Å². The average molecular weight is 508 g/mol. The summed E-state index contributed by atoms with van der Waals surface area (Å²) in [5, 5.41) is 13.3. The fraction of sp³-hybridized carbons (Fsp3) is 0.296. The van der Waals surface area contributed by atoms with E-state index in [1.54, 1.807) is 44.3 Å². The Morgan fingerprint density at radius 1 is 1.00 bits per heavy atom. The molecule has 2 aromatic carbocycles. The zero-order chi connectivity index (χ0) is 25.5. The predicted octanol–water partition coefficient (Wildman–Crippen LogP) is 5.03. The maximum absolute atomic E-state index is 13.7. The summed E-state index contributed by atoms with van der Waals surface area (Å²) in [5.41, 5.74) is 2.40. The Labute approximate surface area is 215 Å². The summed E-state index contributed by atoms with van der Waals surface area (Å²) in [5.74, 6) is 2.54. The first-order valence-corrected chi connectivity index (χ1v) is 12.6. The Kier molecular flexibility index (Phi) is 8.22. The summed E-state index contributed by atoms with van der Waals surface area (Å²) in [6.07, 6.45) is 3.62. The molecule has 0 aliphatic carbocycles. The van der Waals surface area contributed by atoms with Gasteiger partial charge in [-0.25, -0.2) is 4.39 Å². The number of rotatable bonds is 11. The van der Waals surface area contributed by atoms with Gasteiger partial charge in [-0.2, -0.15) is 0 Å². The van der Waals surface area contributed by atoms with E-state index in [-0.39, 0.29) is 5.82 Å². The highest BCUT2D eigenvalue weighted by Gasteiger charge is 2.32. The van der Waals surface area contributed by atoms with Gasteiger partial charge in [0, 0.05) is 36.9 Å². The lowest BCUT2D eigenvalue weighted by Gasteiger charge is -2.26. The van der Waals surface area contributed by atoms with Gasteiger partial charge in [0.25, 0.3) is 0 Å². The van der Waals surface area contributed by atoms with Crippen molar-refractivity contribution < 1.29 is 13.9 Å². The van der Waals surface area contributed by atoms with Gasteiger partial charge in [-0.1, -0.05) is 23.9 Å². The molecule has 0 radical (unpaired) electrons. The zero-order valence-corrected chi connectivity index (χ0v) is 21.7. The molecule has 4 rings (SSSR count). The topological polar surface area (TPSA) is 74.1 Å². The third-order valence-corrected chi connectivity index (χ3v) is 6.88. The fourth-order valence-electron chi connectivity index (χ4n) is 3.89. The van der Waals surface area contributed by atoms with E-state index in [1.807, 2.05) is 41.1 Å². The van der Waals surface area contributed by atoms with Crippen LogP contribution in [0.5, 0.6) is 11.5 Å². The molecular weight excluding hydrogens is 477 g/mol. The maximum Gasteiger partial charge on any atom is 0.195 e. The van der Waals surface area contributed by atoms with Crippen LogP contribution in [0.2, 0.25) is 0 Å². The summed E-state index contributed by atoms with van der Waals surface area (Å²) < 4.78 is 26.7. The third kappa shape index (κ3) is 5.68. The Bertz CT molecular complexity index is 1280. The Morgan fingerprint density at radius 2 is 1.78 bits per heavy atom. The van der Waals surface area contributed by atoms with Gasteiger partial charge >= 0.3 is 0 Å². The highest BCUT2D eigenvalue weighted by Crippen LogP contribution is 2.38. The van der Waals surface area contributed by atoms with Crippen molar-refractivity contribution in [2.75, 3.05) is 26.5 Å². The van der Waals surface area contributed by atoms with Crippen LogP contribution in [0.4, 0.5) is 4.39 Å². The van der Waals surface area contributed by atoms with E-state index in [2.05, 4.69) is 34.3 Å².